The fourth-order valence-electron chi connectivity index (χ4n) is 5.21. The lowest BCUT2D eigenvalue weighted by Crippen LogP contribution is -2.43. The summed E-state index contributed by atoms with van der Waals surface area (Å²) < 4.78 is 0. The molecule has 3 rings (SSSR count). The van der Waals surface area contributed by atoms with Crippen LogP contribution >= 0.6 is 0 Å². The monoisotopic (exact) mass is 557 g/mol. The number of hydrogen-bond donors (Lipinski definition) is 2. The summed E-state index contributed by atoms with van der Waals surface area (Å²) >= 11 is 0. The van der Waals surface area contributed by atoms with Crippen molar-refractivity contribution in [2.45, 2.75) is 66.0 Å². The zero-order valence-corrected chi connectivity index (χ0v) is 26.2. The Bertz CT molecular complexity index is 1210. The molecule has 2 aromatic rings. The summed E-state index contributed by atoms with van der Waals surface area (Å²) in [7, 11) is 4.22. The average Bonchev–Trinajstić information content (AvgIpc) is 2.96. The average molecular weight is 558 g/mol. The SMILES string of the molecule is C=C(C=N)c1cc(/C(=C/CC)N=CN(c2cc(CN3CCN(C)CC3)ccc2C)C(C)CCCCNC)cc(C)n1. The molecule has 1 unspecified atom stereocenters. The van der Waals surface area contributed by atoms with E-state index in [1.807, 2.05) is 26.4 Å². The van der Waals surface area contributed by atoms with E-state index in [0.717, 1.165) is 87.6 Å². The molecule has 1 saturated heterocycles. The first kappa shape index (κ1) is 32.4. The Morgan fingerprint density at radius 2 is 1.93 bits per heavy atom. The minimum Gasteiger partial charge on any atom is -0.329 e. The van der Waals surface area contributed by atoms with Crippen molar-refractivity contribution in [2.24, 2.45) is 4.99 Å². The molecule has 0 radical (unpaired) electrons. The third-order valence-electron chi connectivity index (χ3n) is 7.80. The number of aryl methyl sites for hydroxylation is 2. The van der Waals surface area contributed by atoms with Gasteiger partial charge in [0.25, 0.3) is 0 Å². The topological polar surface area (TPSA) is 70.9 Å². The standard InChI is InChI=1S/C34H51N7/c1-8-11-32(31-20-28(4)38-33(22-31)27(3)23-35)37-25-41(29(5)12-9-10-15-36-6)34-21-30(14-13-26(34)2)24-40-18-16-39(7)17-19-40/h11,13-14,20-23,25,29,35-36H,3,8-10,12,15-19,24H2,1-2,4-7H3/b32-11-,35-23?,37-25?. The molecule has 7 heteroatoms. The van der Waals surface area contributed by atoms with Crippen molar-refractivity contribution in [3.05, 3.63) is 71.1 Å². The molecule has 1 aliphatic rings. The van der Waals surface area contributed by atoms with Crippen molar-refractivity contribution >= 4 is 29.5 Å². The zero-order valence-electron chi connectivity index (χ0n) is 26.2. The van der Waals surface area contributed by atoms with Gasteiger partial charge in [-0.25, -0.2) is 4.99 Å². The van der Waals surface area contributed by atoms with Crippen LogP contribution in [0.3, 0.4) is 0 Å². The van der Waals surface area contributed by atoms with Crippen LogP contribution in [0.25, 0.3) is 11.3 Å². The van der Waals surface area contributed by atoms with E-state index in [-0.39, 0.29) is 0 Å². The molecular formula is C34H51N7. The number of benzene rings is 1. The van der Waals surface area contributed by atoms with Gasteiger partial charge in [0.2, 0.25) is 0 Å². The van der Waals surface area contributed by atoms with Gasteiger partial charge in [0.05, 0.1) is 17.7 Å². The number of aliphatic imine (C=N–C) groups is 1. The van der Waals surface area contributed by atoms with Gasteiger partial charge in [0.1, 0.15) is 0 Å². The van der Waals surface area contributed by atoms with Crippen LogP contribution in [-0.2, 0) is 6.54 Å². The molecule has 7 nitrogen and oxygen atoms in total. The number of anilines is 1. The van der Waals surface area contributed by atoms with Crippen molar-refractivity contribution in [1.82, 2.24) is 20.1 Å². The quantitative estimate of drug-likeness (QED) is 0.156. The molecule has 2 N–H and O–H groups in total. The predicted octanol–water partition coefficient (Wildman–Crippen LogP) is 6.17. The summed E-state index contributed by atoms with van der Waals surface area (Å²) in [6, 6.07) is 11.3. The number of hydrogen-bond acceptors (Lipinski definition) is 6. The number of nitrogens with one attached hydrogen (secondary N) is 2. The van der Waals surface area contributed by atoms with Crippen LogP contribution in [0, 0.1) is 19.3 Å². The van der Waals surface area contributed by atoms with Crippen molar-refractivity contribution in [2.75, 3.05) is 51.7 Å². The van der Waals surface area contributed by atoms with Gasteiger partial charge in [0, 0.05) is 67.5 Å². The van der Waals surface area contributed by atoms with Gasteiger partial charge in [-0.2, -0.15) is 0 Å². The van der Waals surface area contributed by atoms with E-state index in [9.17, 15) is 0 Å². The van der Waals surface area contributed by atoms with Crippen LogP contribution in [0.5, 0.6) is 0 Å². The Morgan fingerprint density at radius 3 is 2.61 bits per heavy atom. The highest BCUT2D eigenvalue weighted by molar-refractivity contribution is 6.06. The largest absolute Gasteiger partial charge is 0.329 e. The number of likely N-dealkylation sites (N-methyl/N-ethyl adjacent to an activating group) is 1. The van der Waals surface area contributed by atoms with Gasteiger partial charge < -0.3 is 20.5 Å². The van der Waals surface area contributed by atoms with E-state index in [1.54, 1.807) is 0 Å². The molecule has 41 heavy (non-hydrogen) atoms. The van der Waals surface area contributed by atoms with Crippen molar-refractivity contribution < 1.29 is 0 Å². The van der Waals surface area contributed by atoms with E-state index in [0.29, 0.717) is 11.6 Å². The number of pyridine rings is 1. The number of piperazine rings is 1. The summed E-state index contributed by atoms with van der Waals surface area (Å²) in [6.07, 6.45) is 9.72. The Hall–Kier alpha value is -3.13. The second-order valence-corrected chi connectivity index (χ2v) is 11.4. The molecular weight excluding hydrogens is 506 g/mol. The summed E-state index contributed by atoms with van der Waals surface area (Å²) in [5.74, 6) is 0. The normalized spacial score (nSPS) is 15.8. The molecule has 0 aliphatic carbocycles. The maximum absolute atomic E-state index is 7.64. The first-order valence-electron chi connectivity index (χ1n) is 15.1. The van der Waals surface area contributed by atoms with Crippen LogP contribution in [0.15, 0.2) is 48.0 Å². The van der Waals surface area contributed by atoms with Crippen molar-refractivity contribution in [3.8, 4) is 0 Å². The number of nitrogens with zero attached hydrogens (tertiary/aromatic N) is 5. The lowest BCUT2D eigenvalue weighted by molar-refractivity contribution is 0.148. The highest BCUT2D eigenvalue weighted by Crippen LogP contribution is 2.27. The molecule has 1 atom stereocenters. The molecule has 0 amide bonds. The molecule has 1 aromatic carbocycles. The maximum Gasteiger partial charge on any atom is 0.0959 e. The highest BCUT2D eigenvalue weighted by Gasteiger charge is 2.18. The van der Waals surface area contributed by atoms with Crippen LogP contribution in [-0.4, -0.2) is 80.2 Å². The van der Waals surface area contributed by atoms with Gasteiger partial charge in [-0.05, 0) is 90.0 Å². The lowest BCUT2D eigenvalue weighted by atomic mass is 10.0. The smallest absolute Gasteiger partial charge is 0.0959 e. The van der Waals surface area contributed by atoms with Gasteiger partial charge in [-0.3, -0.25) is 9.88 Å². The Morgan fingerprint density at radius 1 is 1.17 bits per heavy atom. The van der Waals surface area contributed by atoms with E-state index in [1.165, 1.54) is 23.0 Å². The molecule has 0 saturated carbocycles. The van der Waals surface area contributed by atoms with E-state index in [2.05, 4.69) is 89.7 Å². The molecule has 1 fully saturated rings. The van der Waals surface area contributed by atoms with Crippen LogP contribution in [0.2, 0.25) is 0 Å². The Labute approximate surface area is 248 Å². The fourth-order valence-corrected chi connectivity index (χ4v) is 5.21. The second-order valence-electron chi connectivity index (χ2n) is 11.4. The van der Waals surface area contributed by atoms with E-state index < -0.39 is 0 Å². The van der Waals surface area contributed by atoms with Gasteiger partial charge in [-0.15, -0.1) is 0 Å². The summed E-state index contributed by atoms with van der Waals surface area (Å²) in [5.41, 5.74) is 7.94. The summed E-state index contributed by atoms with van der Waals surface area (Å²) in [5, 5.41) is 10.9. The molecule has 0 bridgehead atoms. The maximum atomic E-state index is 7.64. The number of allylic oxidation sites excluding steroid dienone is 2. The lowest BCUT2D eigenvalue weighted by Gasteiger charge is -2.33. The van der Waals surface area contributed by atoms with Gasteiger partial charge in [-0.1, -0.05) is 38.1 Å². The van der Waals surface area contributed by atoms with Crippen molar-refractivity contribution in [1.29, 1.82) is 5.41 Å². The Kier molecular flexibility index (Phi) is 12.9. The third-order valence-corrected chi connectivity index (χ3v) is 7.80. The Balaban J connectivity index is 1.95. The molecule has 1 aliphatic heterocycles. The summed E-state index contributed by atoms with van der Waals surface area (Å²) in [6.45, 7) is 19.1. The minimum absolute atomic E-state index is 0.295. The fraction of sp³-hybridized carbons (Fsp3) is 0.500. The van der Waals surface area contributed by atoms with E-state index >= 15 is 0 Å². The van der Waals surface area contributed by atoms with E-state index in [4.69, 9.17) is 10.4 Å². The highest BCUT2D eigenvalue weighted by atomic mass is 15.2. The molecule has 222 valence electrons. The number of aromatic nitrogens is 1. The molecule has 0 spiro atoms. The van der Waals surface area contributed by atoms with Crippen LogP contribution in [0.4, 0.5) is 5.69 Å². The van der Waals surface area contributed by atoms with Crippen LogP contribution in [0.1, 0.15) is 67.6 Å². The van der Waals surface area contributed by atoms with Gasteiger partial charge in [0.15, 0.2) is 0 Å². The molecule has 1 aromatic heterocycles. The third kappa shape index (κ3) is 9.73. The van der Waals surface area contributed by atoms with Crippen LogP contribution < -0.4 is 10.2 Å². The molecule has 2 heterocycles. The first-order valence-corrected chi connectivity index (χ1v) is 15.1. The summed E-state index contributed by atoms with van der Waals surface area (Å²) in [4.78, 5) is 17.0. The minimum atomic E-state index is 0.295. The van der Waals surface area contributed by atoms with Gasteiger partial charge >= 0.3 is 0 Å². The van der Waals surface area contributed by atoms with Crippen molar-refractivity contribution in [3.63, 3.8) is 0 Å². The predicted molar refractivity (Wildman–Crippen MR) is 177 cm³/mol. The zero-order chi connectivity index (χ0) is 29.8. The second kappa shape index (κ2) is 16.3. The number of rotatable bonds is 15. The first-order chi connectivity index (χ1) is 19.7. The number of unbranched alkanes of at least 4 members (excludes halogenated alkanes) is 1.